The summed E-state index contributed by atoms with van der Waals surface area (Å²) in [6.07, 6.45) is 0.787. The number of carbonyl (C=O) groups excluding carboxylic acids is 1. The van der Waals surface area contributed by atoms with Crippen LogP contribution in [0.1, 0.15) is 32.9 Å². The maximum Gasteiger partial charge on any atom is 0.333 e. The maximum atomic E-state index is 11.6. The molecule has 1 aromatic heterocycles. The largest absolute Gasteiger partial charge is 0.468 e. The van der Waals surface area contributed by atoms with E-state index in [2.05, 4.69) is 9.84 Å². The summed E-state index contributed by atoms with van der Waals surface area (Å²) in [5, 5.41) is 15.6. The minimum absolute atomic E-state index is 0.0517. The number of hydrogen-bond donors (Lipinski definition) is 0. The molecule has 0 atom stereocenters. The number of hydrogen-bond acceptors (Lipinski definition) is 6. The fraction of sp³-hybridized carbons (Fsp3) is 0.692. The SMILES string of the molecule is CCCn1nc(C)c([N+](=O)[O-])c1N(CC(=O)OC)C(C)C. The van der Waals surface area contributed by atoms with E-state index in [0.717, 1.165) is 6.42 Å². The molecule has 118 valence electrons. The predicted molar refractivity (Wildman–Crippen MR) is 78.4 cm³/mol. The van der Waals surface area contributed by atoms with E-state index in [1.807, 2.05) is 20.8 Å². The summed E-state index contributed by atoms with van der Waals surface area (Å²) in [4.78, 5) is 24.2. The quantitative estimate of drug-likeness (QED) is 0.434. The summed E-state index contributed by atoms with van der Waals surface area (Å²) in [6, 6.07) is -0.102. The van der Waals surface area contributed by atoms with Gasteiger partial charge in [0.05, 0.1) is 12.0 Å². The van der Waals surface area contributed by atoms with Gasteiger partial charge in [0.15, 0.2) is 0 Å². The van der Waals surface area contributed by atoms with Crippen molar-refractivity contribution in [1.29, 1.82) is 0 Å². The number of anilines is 1. The van der Waals surface area contributed by atoms with Crippen molar-refractivity contribution in [3.05, 3.63) is 15.8 Å². The molecule has 0 spiro atoms. The molecule has 0 aliphatic rings. The summed E-state index contributed by atoms with van der Waals surface area (Å²) in [5.41, 5.74) is 0.292. The Morgan fingerprint density at radius 2 is 2.14 bits per heavy atom. The molecule has 1 heterocycles. The zero-order chi connectivity index (χ0) is 16.2. The predicted octanol–water partition coefficient (Wildman–Crippen LogP) is 1.90. The molecular formula is C13H22N4O4. The molecule has 0 radical (unpaired) electrons. The third-order valence-electron chi connectivity index (χ3n) is 3.11. The molecule has 0 unspecified atom stereocenters. The van der Waals surface area contributed by atoms with Crippen LogP contribution in [0.2, 0.25) is 0 Å². The molecule has 0 fully saturated rings. The van der Waals surface area contributed by atoms with Crippen LogP contribution < -0.4 is 4.90 Å². The van der Waals surface area contributed by atoms with E-state index < -0.39 is 10.9 Å². The number of aromatic nitrogens is 2. The molecule has 0 saturated carbocycles. The standard InChI is InChI=1S/C13H22N4O4/c1-6-7-16-13(12(17(19)20)10(4)14-16)15(9(2)3)8-11(18)21-5/h9H,6-8H2,1-5H3. The highest BCUT2D eigenvalue weighted by molar-refractivity contribution is 5.77. The molecule has 0 amide bonds. The average Bonchev–Trinajstić information content (AvgIpc) is 2.72. The topological polar surface area (TPSA) is 90.5 Å². The fourth-order valence-electron chi connectivity index (χ4n) is 2.13. The summed E-state index contributed by atoms with van der Waals surface area (Å²) in [6.45, 7) is 7.80. The summed E-state index contributed by atoms with van der Waals surface area (Å²) < 4.78 is 6.27. The van der Waals surface area contributed by atoms with Crippen LogP contribution in [-0.2, 0) is 16.1 Å². The van der Waals surface area contributed by atoms with Gasteiger partial charge in [0, 0.05) is 12.6 Å². The number of nitrogens with zero attached hydrogens (tertiary/aromatic N) is 4. The van der Waals surface area contributed by atoms with E-state index >= 15 is 0 Å². The second kappa shape index (κ2) is 7.05. The second-order valence-corrected chi connectivity index (χ2v) is 5.04. The Labute approximate surface area is 123 Å². The van der Waals surface area contributed by atoms with E-state index in [0.29, 0.717) is 18.1 Å². The molecule has 1 aromatic rings. The van der Waals surface area contributed by atoms with Crippen LogP contribution in [0.4, 0.5) is 11.5 Å². The zero-order valence-corrected chi connectivity index (χ0v) is 13.1. The molecule has 21 heavy (non-hydrogen) atoms. The Morgan fingerprint density at radius 1 is 1.52 bits per heavy atom. The Bertz CT molecular complexity index is 524. The summed E-state index contributed by atoms with van der Waals surface area (Å²) >= 11 is 0. The average molecular weight is 298 g/mol. The van der Waals surface area contributed by atoms with Gasteiger partial charge in [0.25, 0.3) is 0 Å². The van der Waals surface area contributed by atoms with Gasteiger partial charge in [0.2, 0.25) is 5.82 Å². The van der Waals surface area contributed by atoms with Gasteiger partial charge in [-0.15, -0.1) is 0 Å². The van der Waals surface area contributed by atoms with Crippen molar-refractivity contribution in [2.45, 2.75) is 46.7 Å². The van der Waals surface area contributed by atoms with Crippen molar-refractivity contribution < 1.29 is 14.5 Å². The normalized spacial score (nSPS) is 10.8. The van der Waals surface area contributed by atoms with Crippen LogP contribution in [0.3, 0.4) is 0 Å². The van der Waals surface area contributed by atoms with Gasteiger partial charge >= 0.3 is 11.7 Å². The maximum absolute atomic E-state index is 11.6. The summed E-state index contributed by atoms with van der Waals surface area (Å²) in [7, 11) is 1.30. The van der Waals surface area contributed by atoms with Crippen LogP contribution in [0.5, 0.6) is 0 Å². The van der Waals surface area contributed by atoms with E-state index in [-0.39, 0.29) is 18.3 Å². The van der Waals surface area contributed by atoms with Crippen LogP contribution in [0, 0.1) is 17.0 Å². The van der Waals surface area contributed by atoms with Gasteiger partial charge in [-0.3, -0.25) is 14.9 Å². The van der Waals surface area contributed by atoms with Crippen molar-refractivity contribution in [2.24, 2.45) is 0 Å². The molecular weight excluding hydrogens is 276 g/mol. The monoisotopic (exact) mass is 298 g/mol. The molecule has 0 N–H and O–H groups in total. The number of methoxy groups -OCH3 is 1. The van der Waals surface area contributed by atoms with Crippen molar-refractivity contribution in [2.75, 3.05) is 18.6 Å². The van der Waals surface area contributed by atoms with Crippen molar-refractivity contribution in [1.82, 2.24) is 9.78 Å². The first kappa shape index (κ1) is 16.9. The first-order valence-electron chi connectivity index (χ1n) is 6.88. The third kappa shape index (κ3) is 3.71. The number of rotatable bonds is 7. The lowest BCUT2D eigenvalue weighted by molar-refractivity contribution is -0.384. The smallest absolute Gasteiger partial charge is 0.333 e. The van der Waals surface area contributed by atoms with Gasteiger partial charge in [-0.25, -0.2) is 4.68 Å². The van der Waals surface area contributed by atoms with E-state index in [1.165, 1.54) is 7.11 Å². The Balaban J connectivity index is 3.39. The molecule has 0 bridgehead atoms. The van der Waals surface area contributed by atoms with Crippen LogP contribution in [-0.4, -0.2) is 40.4 Å². The number of esters is 1. The van der Waals surface area contributed by atoms with Crippen LogP contribution >= 0.6 is 0 Å². The molecule has 0 aromatic carbocycles. The van der Waals surface area contributed by atoms with Crippen molar-refractivity contribution in [3.8, 4) is 0 Å². The Hall–Kier alpha value is -2.12. The lowest BCUT2D eigenvalue weighted by Crippen LogP contribution is -2.38. The first-order chi connectivity index (χ1) is 9.83. The van der Waals surface area contributed by atoms with Crippen molar-refractivity contribution in [3.63, 3.8) is 0 Å². The molecule has 8 heteroatoms. The van der Waals surface area contributed by atoms with Crippen molar-refractivity contribution >= 4 is 17.5 Å². The highest BCUT2D eigenvalue weighted by atomic mass is 16.6. The highest BCUT2D eigenvalue weighted by Crippen LogP contribution is 2.33. The Kier molecular flexibility index (Phi) is 5.69. The van der Waals surface area contributed by atoms with E-state index in [9.17, 15) is 14.9 Å². The minimum atomic E-state index is -0.448. The van der Waals surface area contributed by atoms with Crippen LogP contribution in [0.15, 0.2) is 0 Å². The fourth-order valence-corrected chi connectivity index (χ4v) is 2.13. The number of aryl methyl sites for hydroxylation is 2. The van der Waals surface area contributed by atoms with Gasteiger partial charge in [0.1, 0.15) is 12.2 Å². The van der Waals surface area contributed by atoms with Gasteiger partial charge in [-0.05, 0) is 27.2 Å². The molecule has 0 aliphatic heterocycles. The number of ether oxygens (including phenoxy) is 1. The number of carbonyl (C=O) groups is 1. The first-order valence-corrected chi connectivity index (χ1v) is 6.88. The summed E-state index contributed by atoms with van der Waals surface area (Å²) in [5.74, 6) is -0.0837. The van der Waals surface area contributed by atoms with Gasteiger partial charge in [-0.1, -0.05) is 6.92 Å². The Morgan fingerprint density at radius 3 is 2.57 bits per heavy atom. The second-order valence-electron chi connectivity index (χ2n) is 5.04. The highest BCUT2D eigenvalue weighted by Gasteiger charge is 2.31. The lowest BCUT2D eigenvalue weighted by Gasteiger charge is -2.27. The van der Waals surface area contributed by atoms with E-state index in [4.69, 9.17) is 0 Å². The number of nitro groups is 1. The molecule has 0 aliphatic carbocycles. The molecule has 1 rings (SSSR count). The van der Waals surface area contributed by atoms with Gasteiger partial charge in [-0.2, -0.15) is 5.10 Å². The minimum Gasteiger partial charge on any atom is -0.468 e. The van der Waals surface area contributed by atoms with Crippen LogP contribution in [0.25, 0.3) is 0 Å². The molecule has 0 saturated heterocycles. The molecule has 8 nitrogen and oxygen atoms in total. The van der Waals surface area contributed by atoms with E-state index in [1.54, 1.807) is 16.5 Å². The third-order valence-corrected chi connectivity index (χ3v) is 3.11. The zero-order valence-electron chi connectivity index (χ0n) is 13.1. The lowest BCUT2D eigenvalue weighted by atomic mass is 10.2. The van der Waals surface area contributed by atoms with Gasteiger partial charge < -0.3 is 9.64 Å².